The van der Waals surface area contributed by atoms with Gasteiger partial charge < -0.3 is 15.2 Å². The van der Waals surface area contributed by atoms with Gasteiger partial charge in [0.15, 0.2) is 0 Å². The molecule has 1 heterocycles. The lowest BCUT2D eigenvalue weighted by Gasteiger charge is -2.39. The molecule has 1 amide bonds. The number of hydrogen-bond acceptors (Lipinski definition) is 4. The van der Waals surface area contributed by atoms with Crippen LogP contribution >= 0.6 is 0 Å². The van der Waals surface area contributed by atoms with Crippen LogP contribution in [-0.4, -0.2) is 60.9 Å². The minimum atomic E-state index is -0.252. The van der Waals surface area contributed by atoms with Gasteiger partial charge in [0.05, 0.1) is 25.9 Å². The second-order valence-electron chi connectivity index (χ2n) is 7.30. The molecule has 2 N–H and O–H groups in total. The molecule has 1 aromatic carbocycles. The van der Waals surface area contributed by atoms with Gasteiger partial charge in [-0.2, -0.15) is 0 Å². The first-order chi connectivity index (χ1) is 12.1. The monoisotopic (exact) mass is 346 g/mol. The third kappa shape index (κ3) is 4.81. The van der Waals surface area contributed by atoms with E-state index in [-0.39, 0.29) is 24.0 Å². The zero-order valence-corrected chi connectivity index (χ0v) is 15.1. The van der Waals surface area contributed by atoms with E-state index in [1.165, 1.54) is 11.1 Å². The molecule has 2 fully saturated rings. The summed E-state index contributed by atoms with van der Waals surface area (Å²) < 4.78 is 5.62. The number of aliphatic hydroxyl groups is 1. The van der Waals surface area contributed by atoms with E-state index in [1.807, 2.05) is 12.1 Å². The largest absolute Gasteiger partial charge is 0.393 e. The van der Waals surface area contributed by atoms with Crippen LogP contribution in [0.4, 0.5) is 0 Å². The molecule has 0 unspecified atom stereocenters. The highest BCUT2D eigenvalue weighted by molar-refractivity contribution is 5.78. The Morgan fingerprint density at radius 2 is 2.20 bits per heavy atom. The van der Waals surface area contributed by atoms with E-state index in [0.717, 1.165) is 32.2 Å². The van der Waals surface area contributed by atoms with Crippen molar-refractivity contribution in [2.24, 2.45) is 5.92 Å². The topological polar surface area (TPSA) is 61.8 Å². The first kappa shape index (κ1) is 18.4. The van der Waals surface area contributed by atoms with Crippen LogP contribution in [0, 0.1) is 12.8 Å². The minimum absolute atomic E-state index is 0.0629. The summed E-state index contributed by atoms with van der Waals surface area (Å²) >= 11 is 0. The van der Waals surface area contributed by atoms with Crippen LogP contribution in [0.3, 0.4) is 0 Å². The van der Waals surface area contributed by atoms with Crippen LogP contribution in [0.25, 0.3) is 0 Å². The van der Waals surface area contributed by atoms with Gasteiger partial charge in [-0.1, -0.05) is 30.7 Å². The van der Waals surface area contributed by atoms with Crippen LogP contribution in [0.2, 0.25) is 0 Å². The highest BCUT2D eigenvalue weighted by Crippen LogP contribution is 2.32. The summed E-state index contributed by atoms with van der Waals surface area (Å²) in [7, 11) is 0. The Morgan fingerprint density at radius 1 is 1.36 bits per heavy atom. The number of aryl methyl sites for hydroxylation is 1. The molecule has 0 radical (unpaired) electrons. The number of hydrogen-bond donors (Lipinski definition) is 2. The fourth-order valence-corrected chi connectivity index (χ4v) is 4.13. The maximum absolute atomic E-state index is 12.4. The Bertz CT molecular complexity index is 578. The molecule has 1 saturated carbocycles. The van der Waals surface area contributed by atoms with Gasteiger partial charge in [0.25, 0.3) is 0 Å². The Balaban J connectivity index is 1.48. The number of benzene rings is 1. The normalized spacial score (nSPS) is 27.4. The van der Waals surface area contributed by atoms with Gasteiger partial charge in [0.1, 0.15) is 0 Å². The maximum Gasteiger partial charge on any atom is 0.234 e. The van der Waals surface area contributed by atoms with E-state index in [9.17, 15) is 9.90 Å². The lowest BCUT2D eigenvalue weighted by Crippen LogP contribution is -2.54. The van der Waals surface area contributed by atoms with Crippen LogP contribution in [0.5, 0.6) is 0 Å². The molecule has 1 aromatic rings. The molecule has 0 aromatic heterocycles. The molecule has 3 atom stereocenters. The predicted octanol–water partition coefficient (Wildman–Crippen LogP) is 1.52. The SMILES string of the molecule is Cc1ccccc1CCNC(=O)CN1CCOC[C@@H]1[C@@H]1CCC[C@@H]1O. The first-order valence-corrected chi connectivity index (χ1v) is 9.46. The number of morpholine rings is 1. The van der Waals surface area contributed by atoms with Gasteiger partial charge >= 0.3 is 0 Å². The summed E-state index contributed by atoms with van der Waals surface area (Å²) in [5, 5.41) is 13.2. The summed E-state index contributed by atoms with van der Waals surface area (Å²) in [6.07, 6.45) is 3.57. The highest BCUT2D eigenvalue weighted by Gasteiger charge is 2.38. The molecule has 1 aliphatic heterocycles. The standard InChI is InChI=1S/C20H30N2O3/c1-15-5-2-3-6-16(15)9-10-21-20(24)13-22-11-12-25-14-18(22)17-7-4-8-19(17)23/h2-3,5-6,17-19,23H,4,7-14H2,1H3,(H,21,24)/t17-,18+,19-/m0/s1. The predicted molar refractivity (Wildman–Crippen MR) is 97.4 cm³/mol. The lowest BCUT2D eigenvalue weighted by molar-refractivity contribution is -0.126. The fraction of sp³-hybridized carbons (Fsp3) is 0.650. The van der Waals surface area contributed by atoms with Crippen molar-refractivity contribution in [1.82, 2.24) is 10.2 Å². The molecule has 2 aliphatic rings. The van der Waals surface area contributed by atoms with Crippen LogP contribution < -0.4 is 5.32 Å². The summed E-state index contributed by atoms with van der Waals surface area (Å²) in [4.78, 5) is 14.6. The van der Waals surface area contributed by atoms with E-state index in [4.69, 9.17) is 4.74 Å². The van der Waals surface area contributed by atoms with Crippen molar-refractivity contribution in [3.63, 3.8) is 0 Å². The van der Waals surface area contributed by atoms with Crippen LogP contribution in [-0.2, 0) is 16.0 Å². The first-order valence-electron chi connectivity index (χ1n) is 9.46. The number of carbonyl (C=O) groups excluding carboxylic acids is 1. The zero-order valence-electron chi connectivity index (χ0n) is 15.1. The number of amides is 1. The van der Waals surface area contributed by atoms with Crippen molar-refractivity contribution in [3.05, 3.63) is 35.4 Å². The molecule has 5 nitrogen and oxygen atoms in total. The minimum Gasteiger partial charge on any atom is -0.393 e. The van der Waals surface area contributed by atoms with E-state index >= 15 is 0 Å². The quantitative estimate of drug-likeness (QED) is 0.820. The number of aliphatic hydroxyl groups excluding tert-OH is 1. The Morgan fingerprint density at radius 3 is 2.96 bits per heavy atom. The van der Waals surface area contributed by atoms with Crippen molar-refractivity contribution in [2.45, 2.75) is 44.8 Å². The smallest absolute Gasteiger partial charge is 0.234 e. The van der Waals surface area contributed by atoms with Gasteiger partial charge in [0.2, 0.25) is 5.91 Å². The number of nitrogens with one attached hydrogen (secondary N) is 1. The zero-order chi connectivity index (χ0) is 17.6. The lowest BCUT2D eigenvalue weighted by atomic mass is 9.94. The molecule has 1 aliphatic carbocycles. The third-order valence-corrected chi connectivity index (χ3v) is 5.63. The van der Waals surface area contributed by atoms with Gasteiger partial charge in [-0.3, -0.25) is 9.69 Å². The maximum atomic E-state index is 12.4. The van der Waals surface area contributed by atoms with E-state index < -0.39 is 0 Å². The van der Waals surface area contributed by atoms with Crippen molar-refractivity contribution in [3.8, 4) is 0 Å². The van der Waals surface area contributed by atoms with Gasteiger partial charge in [-0.15, -0.1) is 0 Å². The van der Waals surface area contributed by atoms with Crippen LogP contribution in [0.1, 0.15) is 30.4 Å². The number of rotatable bonds is 6. The molecule has 0 bridgehead atoms. The Labute approximate surface area is 150 Å². The summed E-state index contributed by atoms with van der Waals surface area (Å²) in [5.41, 5.74) is 2.54. The molecule has 1 saturated heterocycles. The van der Waals surface area contributed by atoms with Crippen molar-refractivity contribution < 1.29 is 14.6 Å². The summed E-state index contributed by atoms with van der Waals surface area (Å²) in [6.45, 7) is 5.20. The number of nitrogens with zero attached hydrogens (tertiary/aromatic N) is 1. The molecular formula is C20H30N2O3. The molecule has 0 spiro atoms. The van der Waals surface area contributed by atoms with E-state index in [2.05, 4.69) is 29.3 Å². The molecule has 25 heavy (non-hydrogen) atoms. The second kappa shape index (κ2) is 8.79. The van der Waals surface area contributed by atoms with Crippen LogP contribution in [0.15, 0.2) is 24.3 Å². The van der Waals surface area contributed by atoms with Crippen molar-refractivity contribution in [2.75, 3.05) is 32.8 Å². The van der Waals surface area contributed by atoms with E-state index in [1.54, 1.807) is 0 Å². The average molecular weight is 346 g/mol. The fourth-order valence-electron chi connectivity index (χ4n) is 4.13. The van der Waals surface area contributed by atoms with Gasteiger partial charge in [-0.25, -0.2) is 0 Å². The average Bonchev–Trinajstić information content (AvgIpc) is 3.03. The Hall–Kier alpha value is -1.43. The number of carbonyl (C=O) groups is 1. The number of ether oxygens (including phenoxy) is 1. The molecule has 5 heteroatoms. The van der Waals surface area contributed by atoms with Crippen molar-refractivity contribution in [1.29, 1.82) is 0 Å². The Kier molecular flexibility index (Phi) is 6.45. The summed E-state index contributed by atoms with van der Waals surface area (Å²) in [6, 6.07) is 8.44. The molecular weight excluding hydrogens is 316 g/mol. The van der Waals surface area contributed by atoms with Gasteiger partial charge in [0, 0.05) is 25.0 Å². The van der Waals surface area contributed by atoms with Gasteiger partial charge in [-0.05, 0) is 37.3 Å². The second-order valence-corrected chi connectivity index (χ2v) is 7.30. The van der Waals surface area contributed by atoms with E-state index in [0.29, 0.717) is 26.3 Å². The highest BCUT2D eigenvalue weighted by atomic mass is 16.5. The van der Waals surface area contributed by atoms with Crippen molar-refractivity contribution >= 4 is 5.91 Å². The third-order valence-electron chi connectivity index (χ3n) is 5.63. The molecule has 138 valence electrons. The summed E-state index contributed by atoms with van der Waals surface area (Å²) in [5.74, 6) is 0.299. The molecule has 3 rings (SSSR count).